The lowest BCUT2D eigenvalue weighted by Gasteiger charge is -2.16. The molecule has 1 atom stereocenters. The van der Waals surface area contributed by atoms with Crippen LogP contribution in [0.5, 0.6) is 11.5 Å². The maximum Gasteiger partial charge on any atom is 0.231 e. The molecule has 0 bridgehead atoms. The van der Waals surface area contributed by atoms with Crippen LogP contribution in [0.3, 0.4) is 0 Å². The van der Waals surface area contributed by atoms with E-state index < -0.39 is 0 Å². The summed E-state index contributed by atoms with van der Waals surface area (Å²) in [5.41, 5.74) is 1.18. The Kier molecular flexibility index (Phi) is 3.33. The van der Waals surface area contributed by atoms with E-state index in [1.807, 2.05) is 19.2 Å². The normalized spacial score (nSPS) is 22.7. The molecule has 0 aliphatic carbocycles. The average molecular weight is 269 g/mol. The van der Waals surface area contributed by atoms with Crippen molar-refractivity contribution in [1.29, 1.82) is 0 Å². The Bertz CT molecular complexity index is 453. The van der Waals surface area contributed by atoms with E-state index in [1.165, 1.54) is 12.0 Å². The summed E-state index contributed by atoms with van der Waals surface area (Å²) >= 11 is 6.18. The number of ether oxygens (including phenoxy) is 2. The summed E-state index contributed by atoms with van der Waals surface area (Å²) in [6.07, 6.45) is 1.20. The van der Waals surface area contributed by atoms with E-state index in [9.17, 15) is 0 Å². The molecule has 2 heterocycles. The lowest BCUT2D eigenvalue weighted by molar-refractivity contribution is 0.174. The molecule has 0 aromatic heterocycles. The van der Waals surface area contributed by atoms with Gasteiger partial charge >= 0.3 is 0 Å². The van der Waals surface area contributed by atoms with Crippen molar-refractivity contribution in [2.45, 2.75) is 19.0 Å². The van der Waals surface area contributed by atoms with Gasteiger partial charge in [-0.25, -0.2) is 0 Å². The number of hydrogen-bond donors (Lipinski definition) is 1. The van der Waals surface area contributed by atoms with E-state index in [-0.39, 0.29) is 6.79 Å². The predicted octanol–water partition coefficient (Wildman–Crippen LogP) is 1.86. The maximum atomic E-state index is 6.18. The summed E-state index contributed by atoms with van der Waals surface area (Å²) in [7, 11) is 2.02. The molecule has 4 nitrogen and oxygen atoms in total. The minimum Gasteiger partial charge on any atom is -0.454 e. The number of nitrogens with zero attached hydrogens (tertiary/aromatic N) is 1. The van der Waals surface area contributed by atoms with Crippen LogP contribution in [0.25, 0.3) is 0 Å². The summed E-state index contributed by atoms with van der Waals surface area (Å²) in [5, 5.41) is 3.96. The third kappa shape index (κ3) is 2.28. The van der Waals surface area contributed by atoms with Gasteiger partial charge in [0.25, 0.3) is 0 Å². The molecule has 1 fully saturated rings. The molecule has 0 amide bonds. The van der Waals surface area contributed by atoms with Gasteiger partial charge in [0.05, 0.1) is 5.02 Å². The van der Waals surface area contributed by atoms with E-state index in [0.717, 1.165) is 25.4 Å². The highest BCUT2D eigenvalue weighted by Crippen LogP contribution is 2.40. The first kappa shape index (κ1) is 12.1. The molecule has 98 valence electrons. The first-order chi connectivity index (χ1) is 8.76. The van der Waals surface area contributed by atoms with Crippen LogP contribution in [0.1, 0.15) is 12.0 Å². The van der Waals surface area contributed by atoms with Crippen LogP contribution in [-0.2, 0) is 6.54 Å². The van der Waals surface area contributed by atoms with Gasteiger partial charge in [-0.05, 0) is 31.2 Å². The van der Waals surface area contributed by atoms with Gasteiger partial charge in [-0.15, -0.1) is 0 Å². The maximum absolute atomic E-state index is 6.18. The molecule has 18 heavy (non-hydrogen) atoms. The lowest BCUT2D eigenvalue weighted by Crippen LogP contribution is -2.29. The fourth-order valence-corrected chi connectivity index (χ4v) is 2.87. The molecular weight excluding hydrogens is 252 g/mol. The zero-order chi connectivity index (χ0) is 12.5. The van der Waals surface area contributed by atoms with Crippen molar-refractivity contribution in [2.75, 3.05) is 26.9 Å². The Balaban J connectivity index is 1.72. The molecule has 1 saturated heterocycles. The van der Waals surface area contributed by atoms with Crippen LogP contribution in [0, 0.1) is 0 Å². The molecule has 1 N–H and O–H groups in total. The summed E-state index contributed by atoms with van der Waals surface area (Å²) < 4.78 is 10.7. The summed E-state index contributed by atoms with van der Waals surface area (Å²) in [6.45, 7) is 3.39. The first-order valence-electron chi connectivity index (χ1n) is 6.24. The first-order valence-corrected chi connectivity index (χ1v) is 6.61. The third-order valence-electron chi connectivity index (χ3n) is 3.57. The number of hydrogen-bond acceptors (Lipinski definition) is 4. The third-order valence-corrected chi connectivity index (χ3v) is 3.85. The fourth-order valence-electron chi connectivity index (χ4n) is 2.58. The van der Waals surface area contributed by atoms with Gasteiger partial charge in [-0.2, -0.15) is 0 Å². The van der Waals surface area contributed by atoms with E-state index in [2.05, 4.69) is 10.2 Å². The second-order valence-corrected chi connectivity index (χ2v) is 5.23. The van der Waals surface area contributed by atoms with Crippen LogP contribution in [-0.4, -0.2) is 37.9 Å². The number of likely N-dealkylation sites (tertiary alicyclic amines) is 1. The highest BCUT2D eigenvalue weighted by Gasteiger charge is 2.23. The van der Waals surface area contributed by atoms with Gasteiger partial charge < -0.3 is 14.8 Å². The molecule has 2 aliphatic rings. The Morgan fingerprint density at radius 3 is 3.11 bits per heavy atom. The van der Waals surface area contributed by atoms with E-state index >= 15 is 0 Å². The van der Waals surface area contributed by atoms with Crippen molar-refractivity contribution >= 4 is 11.6 Å². The van der Waals surface area contributed by atoms with Crippen LogP contribution in [0.4, 0.5) is 0 Å². The SMILES string of the molecule is CNC1CCN(Cc2cc(Cl)c3c(c2)OCO3)C1. The van der Waals surface area contributed by atoms with Gasteiger partial charge in [0.1, 0.15) is 0 Å². The number of halogens is 1. The minimum absolute atomic E-state index is 0.268. The van der Waals surface area contributed by atoms with Crippen LogP contribution in [0.2, 0.25) is 5.02 Å². The van der Waals surface area contributed by atoms with Gasteiger partial charge in [0.2, 0.25) is 6.79 Å². The van der Waals surface area contributed by atoms with Crippen LogP contribution in [0.15, 0.2) is 12.1 Å². The molecule has 1 aromatic rings. The predicted molar refractivity (Wildman–Crippen MR) is 70.3 cm³/mol. The highest BCUT2D eigenvalue weighted by atomic mass is 35.5. The molecule has 2 aliphatic heterocycles. The van der Waals surface area contributed by atoms with Crippen molar-refractivity contribution in [3.8, 4) is 11.5 Å². The van der Waals surface area contributed by atoms with Gasteiger partial charge in [-0.1, -0.05) is 11.6 Å². The van der Waals surface area contributed by atoms with Crippen molar-refractivity contribution in [3.63, 3.8) is 0 Å². The largest absolute Gasteiger partial charge is 0.454 e. The quantitative estimate of drug-likeness (QED) is 0.907. The van der Waals surface area contributed by atoms with E-state index in [4.69, 9.17) is 21.1 Å². The number of nitrogens with one attached hydrogen (secondary N) is 1. The summed E-state index contributed by atoms with van der Waals surface area (Å²) in [4.78, 5) is 2.43. The van der Waals surface area contributed by atoms with Crippen LogP contribution >= 0.6 is 11.6 Å². The Morgan fingerprint density at radius 2 is 2.33 bits per heavy atom. The minimum atomic E-state index is 0.268. The number of benzene rings is 1. The molecule has 0 radical (unpaired) electrons. The Hall–Kier alpha value is -0.970. The molecule has 3 rings (SSSR count). The topological polar surface area (TPSA) is 33.7 Å². The molecule has 1 aromatic carbocycles. The molecule has 0 saturated carbocycles. The van der Waals surface area contributed by atoms with E-state index in [1.54, 1.807) is 0 Å². The zero-order valence-electron chi connectivity index (χ0n) is 10.4. The van der Waals surface area contributed by atoms with Gasteiger partial charge in [0, 0.05) is 25.7 Å². The second-order valence-electron chi connectivity index (χ2n) is 4.82. The van der Waals surface area contributed by atoms with Crippen LogP contribution < -0.4 is 14.8 Å². The number of rotatable bonds is 3. The zero-order valence-corrected chi connectivity index (χ0v) is 11.2. The van der Waals surface area contributed by atoms with E-state index in [0.29, 0.717) is 16.8 Å². The fraction of sp³-hybridized carbons (Fsp3) is 0.538. The molecule has 0 spiro atoms. The average Bonchev–Trinajstić information content (AvgIpc) is 2.97. The van der Waals surface area contributed by atoms with Crippen molar-refractivity contribution in [3.05, 3.63) is 22.7 Å². The Labute approximate surface area is 112 Å². The number of fused-ring (bicyclic) bond motifs is 1. The molecule has 1 unspecified atom stereocenters. The summed E-state index contributed by atoms with van der Waals surface area (Å²) in [5.74, 6) is 1.44. The number of likely N-dealkylation sites (N-methyl/N-ethyl adjacent to an activating group) is 1. The standard InChI is InChI=1S/C13H17ClN2O2/c1-15-10-2-3-16(7-10)6-9-4-11(14)13-12(5-9)17-8-18-13/h4-5,10,15H,2-3,6-8H2,1H3. The summed E-state index contributed by atoms with van der Waals surface area (Å²) in [6, 6.07) is 4.61. The highest BCUT2D eigenvalue weighted by molar-refractivity contribution is 6.32. The van der Waals surface area contributed by atoms with Gasteiger partial charge in [0.15, 0.2) is 11.5 Å². The molecule has 5 heteroatoms. The monoisotopic (exact) mass is 268 g/mol. The van der Waals surface area contributed by atoms with Gasteiger partial charge in [-0.3, -0.25) is 4.90 Å². The Morgan fingerprint density at radius 1 is 1.44 bits per heavy atom. The lowest BCUT2D eigenvalue weighted by atomic mass is 10.2. The van der Waals surface area contributed by atoms with Crippen molar-refractivity contribution < 1.29 is 9.47 Å². The van der Waals surface area contributed by atoms with Crippen molar-refractivity contribution in [1.82, 2.24) is 10.2 Å². The smallest absolute Gasteiger partial charge is 0.231 e. The molecular formula is C13H17ClN2O2. The second kappa shape index (κ2) is 4.96. The van der Waals surface area contributed by atoms with Crippen molar-refractivity contribution in [2.24, 2.45) is 0 Å².